The van der Waals surface area contributed by atoms with E-state index in [1.807, 2.05) is 6.07 Å². The van der Waals surface area contributed by atoms with Crippen LogP contribution in [-0.2, 0) is 4.79 Å². The van der Waals surface area contributed by atoms with Gasteiger partial charge in [0.1, 0.15) is 10.8 Å². The summed E-state index contributed by atoms with van der Waals surface area (Å²) in [6, 6.07) is 6.26. The second-order valence-corrected chi connectivity index (χ2v) is 6.16. The Morgan fingerprint density at radius 2 is 2.20 bits per heavy atom. The second kappa shape index (κ2) is 5.16. The molecule has 1 aliphatic heterocycles. The lowest BCUT2D eigenvalue weighted by molar-refractivity contribution is -0.123. The van der Waals surface area contributed by atoms with Crippen LogP contribution in [-0.4, -0.2) is 16.0 Å². The molecule has 0 fully saturated rings. The molecule has 1 unspecified atom stereocenters. The molecule has 2 aromatic rings. The minimum Gasteiger partial charge on any atom is -0.378 e. The molecule has 4 nitrogen and oxygen atoms in total. The number of hydrogen-bond donors (Lipinski definition) is 2. The van der Waals surface area contributed by atoms with Crippen LogP contribution >= 0.6 is 27.7 Å². The Morgan fingerprint density at radius 1 is 1.40 bits per heavy atom. The second-order valence-electron chi connectivity index (χ2n) is 4.18. The largest absolute Gasteiger partial charge is 0.378 e. The summed E-state index contributed by atoms with van der Waals surface area (Å²) in [5.41, 5.74) is 0.698. The number of hydrogen-bond acceptors (Lipinski definition) is 4. The molecule has 0 saturated heterocycles. The molecule has 102 valence electrons. The Balaban J connectivity index is 1.94. The van der Waals surface area contributed by atoms with Crippen molar-refractivity contribution in [2.45, 2.75) is 16.0 Å². The average Bonchev–Trinajstić information content (AvgIpc) is 2.69. The van der Waals surface area contributed by atoms with Gasteiger partial charge < -0.3 is 10.4 Å². The van der Waals surface area contributed by atoms with Crippen molar-refractivity contribution < 1.29 is 14.3 Å². The fourth-order valence-corrected chi connectivity index (χ4v) is 2.89. The number of carbonyl (C=O) groups is 1. The molecule has 2 heterocycles. The zero-order valence-corrected chi connectivity index (χ0v) is 12.3. The van der Waals surface area contributed by atoms with E-state index in [1.54, 1.807) is 12.3 Å². The highest BCUT2D eigenvalue weighted by atomic mass is 79.9. The fraction of sp³-hybridized carbons (Fsp3) is 0.0769. The number of halogens is 2. The summed E-state index contributed by atoms with van der Waals surface area (Å²) in [6.45, 7) is 0. The molecule has 0 radical (unpaired) electrons. The molecule has 3 rings (SSSR count). The Bertz CT molecular complexity index is 694. The lowest BCUT2D eigenvalue weighted by Gasteiger charge is -2.06. The van der Waals surface area contributed by atoms with E-state index >= 15 is 0 Å². The molecule has 0 saturated carbocycles. The quantitative estimate of drug-likeness (QED) is 0.869. The molecular weight excluding hydrogens is 347 g/mol. The summed E-state index contributed by atoms with van der Waals surface area (Å²) in [6.07, 6.45) is 0.323. The topological polar surface area (TPSA) is 62.2 Å². The summed E-state index contributed by atoms with van der Waals surface area (Å²) >= 11 is 4.43. The van der Waals surface area contributed by atoms with Gasteiger partial charge in [0.2, 0.25) is 0 Å². The van der Waals surface area contributed by atoms with Crippen LogP contribution in [0.2, 0.25) is 0 Å². The van der Waals surface area contributed by atoms with E-state index in [4.69, 9.17) is 0 Å². The lowest BCUT2D eigenvalue weighted by atomic mass is 10.1. The normalized spacial score (nSPS) is 16.9. The first-order chi connectivity index (χ1) is 9.54. The molecule has 1 aromatic heterocycles. The number of fused-ring (bicyclic) bond motifs is 1. The van der Waals surface area contributed by atoms with Gasteiger partial charge in [-0.05, 0) is 40.2 Å². The number of rotatable bonds is 2. The van der Waals surface area contributed by atoms with E-state index in [0.717, 1.165) is 16.2 Å². The molecule has 2 N–H and O–H groups in total. The third-order valence-electron chi connectivity index (χ3n) is 2.82. The van der Waals surface area contributed by atoms with Crippen LogP contribution in [0.4, 0.5) is 10.1 Å². The molecule has 0 bridgehead atoms. The predicted molar refractivity (Wildman–Crippen MR) is 76.0 cm³/mol. The van der Waals surface area contributed by atoms with Crippen molar-refractivity contribution in [2.75, 3.05) is 5.32 Å². The van der Waals surface area contributed by atoms with Gasteiger partial charge in [0.05, 0.1) is 4.90 Å². The van der Waals surface area contributed by atoms with E-state index in [9.17, 15) is 14.3 Å². The van der Waals surface area contributed by atoms with Gasteiger partial charge in [-0.2, -0.15) is 0 Å². The Labute approximate surface area is 126 Å². The van der Waals surface area contributed by atoms with Gasteiger partial charge in [0.15, 0.2) is 6.10 Å². The molecule has 7 heteroatoms. The number of nitrogens with one attached hydrogen (secondary N) is 1. The van der Waals surface area contributed by atoms with E-state index in [1.165, 1.54) is 12.1 Å². The first kappa shape index (κ1) is 13.5. The van der Waals surface area contributed by atoms with Gasteiger partial charge in [-0.25, -0.2) is 9.37 Å². The summed E-state index contributed by atoms with van der Waals surface area (Å²) in [4.78, 5) is 15.8. The molecule has 1 atom stereocenters. The van der Waals surface area contributed by atoms with Crippen molar-refractivity contribution in [3.05, 3.63) is 46.3 Å². The fourth-order valence-electron chi connectivity index (χ4n) is 1.86. The maximum atomic E-state index is 14.0. The van der Waals surface area contributed by atoms with Gasteiger partial charge >= 0.3 is 0 Å². The molecule has 1 amide bonds. The van der Waals surface area contributed by atoms with Crippen LogP contribution in [0.25, 0.3) is 0 Å². The van der Waals surface area contributed by atoms with Crippen molar-refractivity contribution in [3.63, 3.8) is 0 Å². The highest BCUT2D eigenvalue weighted by Gasteiger charge is 2.30. The smallest absolute Gasteiger partial charge is 0.257 e. The van der Waals surface area contributed by atoms with Crippen molar-refractivity contribution in [2.24, 2.45) is 0 Å². The molecular formula is C13H8BrFN2O2S. The van der Waals surface area contributed by atoms with Crippen LogP contribution in [0.5, 0.6) is 0 Å². The maximum absolute atomic E-state index is 14.0. The number of anilines is 1. The van der Waals surface area contributed by atoms with Gasteiger partial charge in [-0.15, -0.1) is 0 Å². The number of amides is 1. The zero-order chi connectivity index (χ0) is 14.3. The molecule has 0 spiro atoms. The highest BCUT2D eigenvalue weighted by molar-refractivity contribution is 9.10. The van der Waals surface area contributed by atoms with Crippen LogP contribution in [0, 0.1) is 5.82 Å². The number of carbonyl (C=O) groups excluding carboxylic acids is 1. The summed E-state index contributed by atoms with van der Waals surface area (Å²) < 4.78 is 14.8. The Hall–Kier alpha value is -1.44. The first-order valence-corrected chi connectivity index (χ1v) is 7.27. The zero-order valence-electron chi connectivity index (χ0n) is 9.93. The first-order valence-electron chi connectivity index (χ1n) is 5.66. The van der Waals surface area contributed by atoms with Gasteiger partial charge in [-0.3, -0.25) is 4.79 Å². The number of aromatic nitrogens is 1. The van der Waals surface area contributed by atoms with Gasteiger partial charge in [-0.1, -0.05) is 11.8 Å². The van der Waals surface area contributed by atoms with Gasteiger partial charge in [0.25, 0.3) is 5.91 Å². The van der Waals surface area contributed by atoms with Crippen molar-refractivity contribution in [3.8, 4) is 0 Å². The number of aliphatic hydroxyl groups is 1. The Morgan fingerprint density at radius 3 is 2.90 bits per heavy atom. The minimum atomic E-state index is -1.30. The molecule has 1 aromatic carbocycles. The standard InChI is InChI=1S/C13H8BrFN2O2S/c14-6-1-2-11(16-5-6)20-10-4-9-7(3-8(10)15)12(18)13(19)17-9/h1-5,12,18H,(H,17,19). The van der Waals surface area contributed by atoms with Crippen LogP contribution in [0.1, 0.15) is 11.7 Å². The van der Waals surface area contributed by atoms with Crippen LogP contribution < -0.4 is 5.32 Å². The third-order valence-corrected chi connectivity index (χ3v) is 4.27. The number of nitrogens with zero attached hydrogens (tertiary/aromatic N) is 1. The average molecular weight is 355 g/mol. The Kier molecular flexibility index (Phi) is 3.49. The van der Waals surface area contributed by atoms with E-state index in [2.05, 4.69) is 26.2 Å². The minimum absolute atomic E-state index is 0.264. The van der Waals surface area contributed by atoms with Crippen molar-refractivity contribution in [1.29, 1.82) is 0 Å². The number of aliphatic hydroxyl groups excluding tert-OH is 1. The van der Waals surface area contributed by atoms with E-state index in [0.29, 0.717) is 15.6 Å². The molecule has 0 aliphatic carbocycles. The maximum Gasteiger partial charge on any atom is 0.257 e. The number of benzene rings is 1. The van der Waals surface area contributed by atoms with Crippen LogP contribution in [0.15, 0.2) is 44.9 Å². The third kappa shape index (κ3) is 2.44. The van der Waals surface area contributed by atoms with E-state index < -0.39 is 17.8 Å². The summed E-state index contributed by atoms with van der Waals surface area (Å²) in [5.74, 6) is -1.03. The molecule has 20 heavy (non-hydrogen) atoms. The highest BCUT2D eigenvalue weighted by Crippen LogP contribution is 2.37. The summed E-state index contributed by atoms with van der Waals surface area (Å²) in [5, 5.41) is 12.7. The van der Waals surface area contributed by atoms with Crippen molar-refractivity contribution >= 4 is 39.3 Å². The van der Waals surface area contributed by atoms with Crippen LogP contribution in [0.3, 0.4) is 0 Å². The number of pyridine rings is 1. The van der Waals surface area contributed by atoms with Crippen molar-refractivity contribution in [1.82, 2.24) is 4.98 Å². The lowest BCUT2D eigenvalue weighted by Crippen LogP contribution is -2.10. The van der Waals surface area contributed by atoms with E-state index in [-0.39, 0.29) is 5.56 Å². The summed E-state index contributed by atoms with van der Waals surface area (Å²) in [7, 11) is 0. The molecule has 1 aliphatic rings. The monoisotopic (exact) mass is 354 g/mol. The van der Waals surface area contributed by atoms with Gasteiger partial charge in [0, 0.05) is 21.9 Å². The SMILES string of the molecule is O=C1Nc2cc(Sc3ccc(Br)cn3)c(F)cc2C1O. The predicted octanol–water partition coefficient (Wildman–Crippen LogP) is 3.12.